The van der Waals surface area contributed by atoms with E-state index in [1.807, 2.05) is 18.3 Å². The normalized spacial score (nSPS) is 20.3. The fraction of sp³-hybridized carbons (Fsp3) is 0.625. The van der Waals surface area contributed by atoms with Crippen LogP contribution in [0.4, 0.5) is 0 Å². The summed E-state index contributed by atoms with van der Waals surface area (Å²) in [5.41, 5.74) is 2.03. The summed E-state index contributed by atoms with van der Waals surface area (Å²) in [6.07, 6.45) is 2.88. The Bertz CT molecular complexity index is 442. The monoisotopic (exact) mass is 276 g/mol. The zero-order valence-corrected chi connectivity index (χ0v) is 12.6. The third-order valence-corrected chi connectivity index (χ3v) is 3.84. The number of Topliss-reactive ketones (excluding diaryl/α,β-unsaturated/α-hetero) is 1. The lowest BCUT2D eigenvalue weighted by molar-refractivity contribution is -0.136. The molecule has 4 heteroatoms. The summed E-state index contributed by atoms with van der Waals surface area (Å²) in [4.78, 5) is 18.9. The maximum atomic E-state index is 12.3. The van der Waals surface area contributed by atoms with E-state index in [2.05, 4.69) is 30.7 Å². The Labute approximate surface area is 121 Å². The molecule has 1 aromatic rings. The molecule has 0 aliphatic carbocycles. The number of nitrogens with zero attached hydrogens (tertiary/aromatic N) is 2. The second-order valence-electron chi connectivity index (χ2n) is 5.60. The molecule has 2 rings (SSSR count). The minimum Gasteiger partial charge on any atom is -0.368 e. The Kier molecular flexibility index (Phi) is 5.26. The number of carbonyl (C=O) groups excluding carboxylic acids is 1. The number of pyridine rings is 1. The van der Waals surface area contributed by atoms with Crippen LogP contribution in [0.3, 0.4) is 0 Å². The van der Waals surface area contributed by atoms with E-state index in [-0.39, 0.29) is 11.9 Å². The van der Waals surface area contributed by atoms with Gasteiger partial charge in [0.05, 0.1) is 13.0 Å². The summed E-state index contributed by atoms with van der Waals surface area (Å²) >= 11 is 0. The Hall–Kier alpha value is -1.26. The highest BCUT2D eigenvalue weighted by molar-refractivity contribution is 5.85. The van der Waals surface area contributed by atoms with Gasteiger partial charge < -0.3 is 4.74 Å². The topological polar surface area (TPSA) is 42.4 Å². The van der Waals surface area contributed by atoms with Gasteiger partial charge in [0, 0.05) is 31.0 Å². The first-order chi connectivity index (χ1) is 9.60. The molecular weight excluding hydrogens is 252 g/mol. The SMILES string of the molecule is CCc1ccc(CC(=O)C2CN(C(C)C)CCO2)nc1. The Balaban J connectivity index is 1.93. The van der Waals surface area contributed by atoms with Crippen LogP contribution < -0.4 is 0 Å². The molecule has 1 atom stereocenters. The third-order valence-electron chi connectivity index (χ3n) is 3.84. The molecule has 0 aromatic carbocycles. The van der Waals surface area contributed by atoms with Gasteiger partial charge in [-0.25, -0.2) is 0 Å². The predicted octanol–water partition coefficient (Wildman–Crippen LogP) is 1.86. The van der Waals surface area contributed by atoms with E-state index >= 15 is 0 Å². The minimum atomic E-state index is -0.307. The second-order valence-corrected chi connectivity index (χ2v) is 5.60. The van der Waals surface area contributed by atoms with Gasteiger partial charge in [-0.2, -0.15) is 0 Å². The molecule has 20 heavy (non-hydrogen) atoms. The number of rotatable bonds is 5. The van der Waals surface area contributed by atoms with Crippen LogP contribution in [0.15, 0.2) is 18.3 Å². The van der Waals surface area contributed by atoms with Crippen molar-refractivity contribution in [2.24, 2.45) is 0 Å². The zero-order chi connectivity index (χ0) is 14.5. The maximum absolute atomic E-state index is 12.3. The molecule has 1 aliphatic rings. The second kappa shape index (κ2) is 6.95. The molecule has 0 N–H and O–H groups in total. The fourth-order valence-electron chi connectivity index (χ4n) is 2.39. The van der Waals surface area contributed by atoms with Crippen LogP contribution in [0.5, 0.6) is 0 Å². The van der Waals surface area contributed by atoms with Crippen molar-refractivity contribution in [3.05, 3.63) is 29.6 Å². The van der Waals surface area contributed by atoms with E-state index in [1.165, 1.54) is 5.56 Å². The number of morpholine rings is 1. The summed E-state index contributed by atoms with van der Waals surface area (Å²) in [6.45, 7) is 8.64. The lowest BCUT2D eigenvalue weighted by atomic mass is 10.1. The number of hydrogen-bond donors (Lipinski definition) is 0. The lowest BCUT2D eigenvalue weighted by Crippen LogP contribution is -2.49. The molecule has 0 bridgehead atoms. The van der Waals surface area contributed by atoms with Gasteiger partial charge in [-0.05, 0) is 31.9 Å². The summed E-state index contributed by atoms with van der Waals surface area (Å²) < 4.78 is 5.62. The van der Waals surface area contributed by atoms with Gasteiger partial charge >= 0.3 is 0 Å². The van der Waals surface area contributed by atoms with Gasteiger partial charge in [-0.15, -0.1) is 0 Å². The van der Waals surface area contributed by atoms with Crippen molar-refractivity contribution < 1.29 is 9.53 Å². The molecule has 1 fully saturated rings. The summed E-state index contributed by atoms with van der Waals surface area (Å²) in [5.74, 6) is 0.132. The predicted molar refractivity (Wildman–Crippen MR) is 78.8 cm³/mol. The molecule has 2 heterocycles. The smallest absolute Gasteiger partial charge is 0.168 e. The average Bonchev–Trinajstić information content (AvgIpc) is 2.48. The summed E-state index contributed by atoms with van der Waals surface area (Å²) in [5, 5.41) is 0. The fourth-order valence-corrected chi connectivity index (χ4v) is 2.39. The number of ketones is 1. The number of carbonyl (C=O) groups is 1. The Morgan fingerprint density at radius 2 is 2.30 bits per heavy atom. The summed E-state index contributed by atoms with van der Waals surface area (Å²) in [6, 6.07) is 4.44. The first kappa shape index (κ1) is 15.1. The molecule has 1 aromatic heterocycles. The molecule has 4 nitrogen and oxygen atoms in total. The van der Waals surface area contributed by atoms with E-state index in [4.69, 9.17) is 4.74 Å². The molecule has 1 aliphatic heterocycles. The molecule has 0 amide bonds. The molecule has 1 unspecified atom stereocenters. The van der Waals surface area contributed by atoms with Crippen molar-refractivity contribution in [2.45, 2.75) is 45.8 Å². The van der Waals surface area contributed by atoms with Crippen molar-refractivity contribution in [3.63, 3.8) is 0 Å². The van der Waals surface area contributed by atoms with Gasteiger partial charge in [-0.3, -0.25) is 14.7 Å². The Morgan fingerprint density at radius 1 is 1.50 bits per heavy atom. The highest BCUT2D eigenvalue weighted by Crippen LogP contribution is 2.12. The van der Waals surface area contributed by atoms with Crippen molar-refractivity contribution in [2.75, 3.05) is 19.7 Å². The van der Waals surface area contributed by atoms with E-state index in [0.717, 1.165) is 18.7 Å². The van der Waals surface area contributed by atoms with E-state index < -0.39 is 0 Å². The van der Waals surface area contributed by atoms with Crippen LogP contribution in [0.2, 0.25) is 0 Å². The van der Waals surface area contributed by atoms with Crippen molar-refractivity contribution >= 4 is 5.78 Å². The van der Waals surface area contributed by atoms with Gasteiger partial charge in [0.2, 0.25) is 0 Å². The van der Waals surface area contributed by atoms with E-state index in [1.54, 1.807) is 0 Å². The van der Waals surface area contributed by atoms with Gasteiger partial charge in [0.1, 0.15) is 6.10 Å². The molecule has 0 saturated carbocycles. The maximum Gasteiger partial charge on any atom is 0.168 e. The third kappa shape index (κ3) is 3.87. The molecule has 1 saturated heterocycles. The van der Waals surface area contributed by atoms with Crippen molar-refractivity contribution in [1.82, 2.24) is 9.88 Å². The van der Waals surface area contributed by atoms with Crippen LogP contribution in [-0.4, -0.2) is 47.5 Å². The molecule has 0 spiro atoms. The van der Waals surface area contributed by atoms with E-state index in [9.17, 15) is 4.79 Å². The van der Waals surface area contributed by atoms with Crippen molar-refractivity contribution in [1.29, 1.82) is 0 Å². The van der Waals surface area contributed by atoms with Crippen LogP contribution in [0.25, 0.3) is 0 Å². The van der Waals surface area contributed by atoms with E-state index in [0.29, 0.717) is 25.6 Å². The number of aryl methyl sites for hydroxylation is 1. The van der Waals surface area contributed by atoms with Crippen LogP contribution >= 0.6 is 0 Å². The van der Waals surface area contributed by atoms with Crippen LogP contribution in [0.1, 0.15) is 32.0 Å². The number of ether oxygens (including phenoxy) is 1. The average molecular weight is 276 g/mol. The number of aromatic nitrogens is 1. The quantitative estimate of drug-likeness (QED) is 0.823. The van der Waals surface area contributed by atoms with Crippen LogP contribution in [0, 0.1) is 0 Å². The molecule has 110 valence electrons. The highest BCUT2D eigenvalue weighted by Gasteiger charge is 2.27. The van der Waals surface area contributed by atoms with Crippen LogP contribution in [-0.2, 0) is 22.4 Å². The Morgan fingerprint density at radius 3 is 2.90 bits per heavy atom. The number of hydrogen-bond acceptors (Lipinski definition) is 4. The standard InChI is InChI=1S/C16H24N2O2/c1-4-13-5-6-14(17-10-13)9-15(19)16-11-18(12(2)3)7-8-20-16/h5-6,10,12,16H,4,7-9,11H2,1-3H3. The lowest BCUT2D eigenvalue weighted by Gasteiger charge is -2.34. The largest absolute Gasteiger partial charge is 0.368 e. The first-order valence-corrected chi connectivity index (χ1v) is 7.42. The zero-order valence-electron chi connectivity index (χ0n) is 12.6. The van der Waals surface area contributed by atoms with Gasteiger partial charge in [0.25, 0.3) is 0 Å². The van der Waals surface area contributed by atoms with Crippen molar-refractivity contribution in [3.8, 4) is 0 Å². The molecular formula is C16H24N2O2. The minimum absolute atomic E-state index is 0.132. The first-order valence-electron chi connectivity index (χ1n) is 7.42. The van der Waals surface area contributed by atoms with Gasteiger partial charge in [0.15, 0.2) is 5.78 Å². The van der Waals surface area contributed by atoms with Gasteiger partial charge in [-0.1, -0.05) is 13.0 Å². The highest BCUT2D eigenvalue weighted by atomic mass is 16.5. The molecule has 0 radical (unpaired) electrons. The summed E-state index contributed by atoms with van der Waals surface area (Å²) in [7, 11) is 0.